The Balaban J connectivity index is 2.57. The molecule has 4 nitrogen and oxygen atoms in total. The molecule has 1 unspecified atom stereocenters. The lowest BCUT2D eigenvalue weighted by atomic mass is 10.2. The van der Waals surface area contributed by atoms with Crippen molar-refractivity contribution in [2.24, 2.45) is 0 Å². The molecule has 1 rings (SSSR count). The van der Waals surface area contributed by atoms with Crippen molar-refractivity contribution < 1.29 is 8.42 Å². The summed E-state index contributed by atoms with van der Waals surface area (Å²) in [7, 11) is -2.85. The molecule has 0 amide bonds. The highest BCUT2D eigenvalue weighted by Crippen LogP contribution is 2.13. The molecule has 0 saturated carbocycles. The molecular weight excluding hydrogens is 236 g/mol. The van der Waals surface area contributed by atoms with Crippen LogP contribution in [-0.2, 0) is 16.4 Å². The minimum Gasteiger partial charge on any atom is -0.350 e. The highest BCUT2D eigenvalue weighted by molar-refractivity contribution is 7.90. The Morgan fingerprint density at radius 1 is 1.47 bits per heavy atom. The third-order valence-electron chi connectivity index (χ3n) is 2.73. The second kappa shape index (κ2) is 6.21. The minimum absolute atomic E-state index is 0.250. The minimum atomic E-state index is -2.85. The van der Waals surface area contributed by atoms with Gasteiger partial charge in [-0.05, 0) is 32.0 Å². The van der Waals surface area contributed by atoms with E-state index in [1.165, 1.54) is 11.9 Å². The summed E-state index contributed by atoms with van der Waals surface area (Å²) in [6.07, 6.45) is 3.95. The van der Waals surface area contributed by atoms with Crippen molar-refractivity contribution >= 4 is 9.84 Å². The summed E-state index contributed by atoms with van der Waals surface area (Å²) in [6, 6.07) is 4.38. The molecule has 98 valence electrons. The first-order chi connectivity index (χ1) is 7.94. The molecule has 1 aromatic heterocycles. The third kappa shape index (κ3) is 4.91. The summed E-state index contributed by atoms with van der Waals surface area (Å²) in [6.45, 7) is 5.88. The van der Waals surface area contributed by atoms with E-state index >= 15 is 0 Å². The van der Waals surface area contributed by atoms with Crippen LogP contribution < -0.4 is 5.32 Å². The number of aromatic nitrogens is 1. The van der Waals surface area contributed by atoms with Gasteiger partial charge in [0, 0.05) is 30.7 Å². The van der Waals surface area contributed by atoms with Gasteiger partial charge in [-0.3, -0.25) is 0 Å². The Hall–Kier alpha value is -0.810. The van der Waals surface area contributed by atoms with Crippen LogP contribution in [0.5, 0.6) is 0 Å². The van der Waals surface area contributed by atoms with E-state index in [-0.39, 0.29) is 5.75 Å². The summed E-state index contributed by atoms with van der Waals surface area (Å²) in [5.41, 5.74) is 1.21. The Labute approximate surface area is 104 Å². The summed E-state index contributed by atoms with van der Waals surface area (Å²) < 4.78 is 24.2. The summed E-state index contributed by atoms with van der Waals surface area (Å²) in [5.74, 6) is 0.250. The molecule has 1 N–H and O–H groups in total. The van der Waals surface area contributed by atoms with Gasteiger partial charge >= 0.3 is 0 Å². The number of hydrogen-bond donors (Lipinski definition) is 1. The van der Waals surface area contributed by atoms with Crippen LogP contribution in [0.2, 0.25) is 0 Å². The predicted octanol–water partition coefficient (Wildman–Crippen LogP) is 1.59. The topological polar surface area (TPSA) is 51.1 Å². The molecule has 0 aromatic carbocycles. The van der Waals surface area contributed by atoms with Gasteiger partial charge in [0.05, 0.1) is 5.75 Å². The maximum absolute atomic E-state index is 11.1. The monoisotopic (exact) mass is 258 g/mol. The molecule has 0 radical (unpaired) electrons. The SMILES string of the molecule is CCNC(C)c1cccn1CCCS(C)(=O)=O. The molecule has 1 atom stereocenters. The fourth-order valence-electron chi connectivity index (χ4n) is 1.93. The lowest BCUT2D eigenvalue weighted by Gasteiger charge is -2.16. The van der Waals surface area contributed by atoms with Gasteiger partial charge in [0.15, 0.2) is 0 Å². The van der Waals surface area contributed by atoms with Crippen LogP contribution >= 0.6 is 0 Å². The molecule has 0 aliphatic rings. The van der Waals surface area contributed by atoms with Gasteiger partial charge in [-0.25, -0.2) is 8.42 Å². The van der Waals surface area contributed by atoms with E-state index < -0.39 is 9.84 Å². The number of nitrogens with zero attached hydrogens (tertiary/aromatic N) is 1. The standard InChI is InChI=1S/C12H22N2O2S/c1-4-13-11(2)12-7-5-8-14(12)9-6-10-17(3,15)16/h5,7-8,11,13H,4,6,9-10H2,1-3H3. The average Bonchev–Trinajstić information content (AvgIpc) is 2.64. The van der Waals surface area contributed by atoms with Crippen LogP contribution in [0, 0.1) is 0 Å². The Morgan fingerprint density at radius 2 is 2.18 bits per heavy atom. The molecule has 1 aromatic rings. The number of rotatable bonds is 7. The molecule has 0 aliphatic carbocycles. The van der Waals surface area contributed by atoms with Gasteiger partial charge in [0.2, 0.25) is 0 Å². The zero-order valence-corrected chi connectivity index (χ0v) is 11.6. The van der Waals surface area contributed by atoms with Gasteiger partial charge in [0.1, 0.15) is 9.84 Å². The molecule has 0 spiro atoms. The van der Waals surface area contributed by atoms with E-state index in [1.807, 2.05) is 12.3 Å². The van der Waals surface area contributed by atoms with Crippen molar-refractivity contribution in [2.75, 3.05) is 18.6 Å². The van der Waals surface area contributed by atoms with Crippen LogP contribution in [0.1, 0.15) is 32.0 Å². The molecule has 0 saturated heterocycles. The maximum atomic E-state index is 11.1. The van der Waals surface area contributed by atoms with Gasteiger partial charge in [0.25, 0.3) is 0 Å². The molecular formula is C12H22N2O2S. The predicted molar refractivity (Wildman–Crippen MR) is 70.9 cm³/mol. The summed E-state index contributed by atoms with van der Waals surface area (Å²) in [5, 5.41) is 3.36. The van der Waals surface area contributed by atoms with Crippen LogP contribution in [0.25, 0.3) is 0 Å². The third-order valence-corrected chi connectivity index (χ3v) is 3.76. The molecule has 17 heavy (non-hydrogen) atoms. The quantitative estimate of drug-likeness (QED) is 0.808. The Kier molecular flexibility index (Phi) is 5.21. The zero-order valence-electron chi connectivity index (χ0n) is 10.8. The molecule has 0 fully saturated rings. The van der Waals surface area contributed by atoms with E-state index in [0.717, 1.165) is 13.1 Å². The van der Waals surface area contributed by atoms with Crippen molar-refractivity contribution in [2.45, 2.75) is 32.9 Å². The molecule has 0 bridgehead atoms. The highest BCUT2D eigenvalue weighted by Gasteiger charge is 2.09. The summed E-state index contributed by atoms with van der Waals surface area (Å²) >= 11 is 0. The van der Waals surface area contributed by atoms with Crippen molar-refractivity contribution in [1.29, 1.82) is 0 Å². The van der Waals surface area contributed by atoms with Crippen LogP contribution in [0.4, 0.5) is 0 Å². The van der Waals surface area contributed by atoms with Gasteiger partial charge < -0.3 is 9.88 Å². The lowest BCUT2D eigenvalue weighted by Crippen LogP contribution is -2.21. The van der Waals surface area contributed by atoms with E-state index in [1.54, 1.807) is 0 Å². The zero-order chi connectivity index (χ0) is 12.9. The lowest BCUT2D eigenvalue weighted by molar-refractivity contribution is 0.534. The van der Waals surface area contributed by atoms with Crippen LogP contribution in [0.15, 0.2) is 18.3 Å². The fraction of sp³-hybridized carbons (Fsp3) is 0.667. The Bertz CT molecular complexity index is 437. The number of sulfone groups is 1. The fourth-order valence-corrected chi connectivity index (χ4v) is 2.59. The maximum Gasteiger partial charge on any atom is 0.147 e. The van der Waals surface area contributed by atoms with Gasteiger partial charge in [-0.15, -0.1) is 0 Å². The first-order valence-electron chi connectivity index (χ1n) is 6.00. The molecule has 0 aliphatic heterocycles. The van der Waals surface area contributed by atoms with E-state index in [9.17, 15) is 8.42 Å². The number of nitrogens with one attached hydrogen (secondary N) is 1. The van der Waals surface area contributed by atoms with E-state index in [2.05, 4.69) is 29.8 Å². The Morgan fingerprint density at radius 3 is 2.76 bits per heavy atom. The smallest absolute Gasteiger partial charge is 0.147 e. The number of hydrogen-bond acceptors (Lipinski definition) is 3. The second-order valence-electron chi connectivity index (χ2n) is 4.39. The van der Waals surface area contributed by atoms with E-state index in [4.69, 9.17) is 0 Å². The van der Waals surface area contributed by atoms with Crippen LogP contribution in [0.3, 0.4) is 0 Å². The first kappa shape index (κ1) is 14.3. The highest BCUT2D eigenvalue weighted by atomic mass is 32.2. The average molecular weight is 258 g/mol. The normalized spacial score (nSPS) is 13.8. The summed E-state index contributed by atoms with van der Waals surface area (Å²) in [4.78, 5) is 0. The molecule has 5 heteroatoms. The molecule has 1 heterocycles. The van der Waals surface area contributed by atoms with Crippen molar-refractivity contribution in [3.05, 3.63) is 24.0 Å². The van der Waals surface area contributed by atoms with Gasteiger partial charge in [-0.1, -0.05) is 6.92 Å². The van der Waals surface area contributed by atoms with Crippen molar-refractivity contribution in [1.82, 2.24) is 9.88 Å². The first-order valence-corrected chi connectivity index (χ1v) is 8.06. The van der Waals surface area contributed by atoms with Crippen molar-refractivity contribution in [3.8, 4) is 0 Å². The number of aryl methyl sites for hydroxylation is 1. The second-order valence-corrected chi connectivity index (χ2v) is 6.65. The largest absolute Gasteiger partial charge is 0.350 e. The van der Waals surface area contributed by atoms with Crippen molar-refractivity contribution in [3.63, 3.8) is 0 Å². The van der Waals surface area contributed by atoms with Crippen LogP contribution in [-0.4, -0.2) is 31.5 Å². The van der Waals surface area contributed by atoms with Gasteiger partial charge in [-0.2, -0.15) is 0 Å². The van der Waals surface area contributed by atoms with E-state index in [0.29, 0.717) is 12.5 Å².